The summed E-state index contributed by atoms with van der Waals surface area (Å²) in [6, 6.07) is 5.26. The summed E-state index contributed by atoms with van der Waals surface area (Å²) in [5, 5.41) is 9.30. The van der Waals surface area contributed by atoms with E-state index in [4.69, 9.17) is 4.74 Å². The van der Waals surface area contributed by atoms with E-state index in [2.05, 4.69) is 0 Å². The van der Waals surface area contributed by atoms with Crippen molar-refractivity contribution in [2.24, 2.45) is 0 Å². The fourth-order valence-corrected chi connectivity index (χ4v) is 2.47. The molecule has 0 atom stereocenters. The second-order valence-electron chi connectivity index (χ2n) is 6.93. The first kappa shape index (κ1) is 19.4. The van der Waals surface area contributed by atoms with Crippen LogP contribution in [0.1, 0.15) is 36.7 Å². The molecule has 26 heavy (non-hydrogen) atoms. The van der Waals surface area contributed by atoms with Crippen LogP contribution in [0.25, 0.3) is 11.1 Å². The van der Waals surface area contributed by atoms with Gasteiger partial charge in [0.2, 0.25) is 0 Å². The van der Waals surface area contributed by atoms with Crippen molar-refractivity contribution >= 4 is 11.9 Å². The molecule has 0 bridgehead atoms. The van der Waals surface area contributed by atoms with Crippen molar-refractivity contribution in [3.8, 4) is 11.1 Å². The molecule has 0 radical (unpaired) electrons. The monoisotopic (exact) mass is 361 g/mol. The topological polar surface area (TPSA) is 85.6 Å². The molecule has 2 rings (SSSR count). The summed E-state index contributed by atoms with van der Waals surface area (Å²) in [5.41, 5.74) is -0.623. The second kappa shape index (κ2) is 7.11. The molecule has 0 aliphatic heterocycles. The molecule has 0 saturated carbocycles. The van der Waals surface area contributed by atoms with Crippen molar-refractivity contribution < 1.29 is 23.8 Å². The predicted molar refractivity (Wildman–Crippen MR) is 93.6 cm³/mol. The number of nitrogens with zero attached hydrogens (tertiary/aromatic N) is 1. The number of aromatic carboxylic acids is 1. The third-order valence-corrected chi connectivity index (χ3v) is 3.55. The van der Waals surface area contributed by atoms with Gasteiger partial charge in [-0.25, -0.2) is 9.18 Å². The SMILES string of the molecule is Cc1ccc(F)cc1-c1cc(C(=O)O)c(=O)n(CC(=O)OC(C)(C)C)c1. The predicted octanol–water partition coefficient (Wildman–Crippen LogP) is 3.00. The molecular weight excluding hydrogens is 341 g/mol. The molecular formula is C19H20FNO5. The van der Waals surface area contributed by atoms with Gasteiger partial charge in [0.1, 0.15) is 23.5 Å². The Balaban J connectivity index is 2.57. The number of carbonyl (C=O) groups is 2. The third kappa shape index (κ3) is 4.56. The highest BCUT2D eigenvalue weighted by Crippen LogP contribution is 2.24. The summed E-state index contributed by atoms with van der Waals surface area (Å²) < 4.78 is 19.8. The van der Waals surface area contributed by atoms with Crippen LogP contribution >= 0.6 is 0 Å². The van der Waals surface area contributed by atoms with E-state index < -0.39 is 41.0 Å². The van der Waals surface area contributed by atoms with Crippen molar-refractivity contribution in [3.63, 3.8) is 0 Å². The molecule has 2 aromatic rings. The molecule has 0 amide bonds. The number of hydrogen-bond donors (Lipinski definition) is 1. The van der Waals surface area contributed by atoms with Crippen LogP contribution in [0.3, 0.4) is 0 Å². The summed E-state index contributed by atoms with van der Waals surface area (Å²) in [5.74, 6) is -2.60. The van der Waals surface area contributed by atoms with Crippen LogP contribution in [-0.2, 0) is 16.1 Å². The second-order valence-corrected chi connectivity index (χ2v) is 6.93. The number of ether oxygens (including phenoxy) is 1. The lowest BCUT2D eigenvalue weighted by molar-refractivity contribution is -0.155. The smallest absolute Gasteiger partial charge is 0.341 e. The summed E-state index contributed by atoms with van der Waals surface area (Å²) in [7, 11) is 0. The van der Waals surface area contributed by atoms with Crippen LogP contribution in [-0.4, -0.2) is 27.2 Å². The van der Waals surface area contributed by atoms with Crippen molar-refractivity contribution in [2.75, 3.05) is 0 Å². The number of carboxylic acids is 1. The number of aryl methyl sites for hydroxylation is 1. The average Bonchev–Trinajstić information content (AvgIpc) is 2.49. The lowest BCUT2D eigenvalue weighted by Gasteiger charge is -2.20. The summed E-state index contributed by atoms with van der Waals surface area (Å²) in [6.07, 6.45) is 1.33. The standard InChI is InChI=1S/C19H20FNO5/c1-11-5-6-13(20)8-14(11)12-7-15(18(24)25)17(23)21(9-12)10-16(22)26-19(2,3)4/h5-9H,10H2,1-4H3,(H,24,25). The molecule has 1 heterocycles. The Hall–Kier alpha value is -2.96. The fraction of sp³-hybridized carbons (Fsp3) is 0.316. The third-order valence-electron chi connectivity index (χ3n) is 3.55. The molecule has 0 fully saturated rings. The average molecular weight is 361 g/mol. The van der Waals surface area contributed by atoms with Crippen LogP contribution in [0.2, 0.25) is 0 Å². The van der Waals surface area contributed by atoms with Crippen LogP contribution < -0.4 is 5.56 Å². The van der Waals surface area contributed by atoms with Crippen LogP contribution in [0.5, 0.6) is 0 Å². The highest BCUT2D eigenvalue weighted by atomic mass is 19.1. The molecule has 0 aliphatic rings. The van der Waals surface area contributed by atoms with Gasteiger partial charge in [-0.05, 0) is 62.6 Å². The van der Waals surface area contributed by atoms with Gasteiger partial charge in [-0.1, -0.05) is 6.07 Å². The Morgan fingerprint density at radius 3 is 2.46 bits per heavy atom. The number of pyridine rings is 1. The van der Waals surface area contributed by atoms with Gasteiger partial charge in [0.15, 0.2) is 0 Å². The van der Waals surface area contributed by atoms with E-state index in [0.29, 0.717) is 16.7 Å². The lowest BCUT2D eigenvalue weighted by atomic mass is 10.0. The number of carboxylic acid groups (broad SMARTS) is 1. The van der Waals surface area contributed by atoms with E-state index in [1.165, 1.54) is 24.4 Å². The molecule has 138 valence electrons. The normalized spacial score (nSPS) is 11.3. The fourth-order valence-electron chi connectivity index (χ4n) is 2.47. The lowest BCUT2D eigenvalue weighted by Crippen LogP contribution is -2.32. The summed E-state index contributed by atoms with van der Waals surface area (Å²) in [6.45, 7) is 6.34. The first-order valence-corrected chi connectivity index (χ1v) is 7.94. The van der Waals surface area contributed by atoms with Gasteiger partial charge in [-0.3, -0.25) is 9.59 Å². The Morgan fingerprint density at radius 1 is 1.23 bits per heavy atom. The maximum atomic E-state index is 13.6. The number of rotatable bonds is 4. The van der Waals surface area contributed by atoms with Gasteiger partial charge < -0.3 is 14.4 Å². The number of carbonyl (C=O) groups excluding carboxylic acids is 1. The highest BCUT2D eigenvalue weighted by Gasteiger charge is 2.20. The van der Waals surface area contributed by atoms with Gasteiger partial charge in [-0.15, -0.1) is 0 Å². The maximum absolute atomic E-state index is 13.6. The molecule has 0 saturated heterocycles. The Bertz CT molecular complexity index is 925. The zero-order valence-corrected chi connectivity index (χ0v) is 15.0. The highest BCUT2D eigenvalue weighted by molar-refractivity contribution is 5.89. The van der Waals surface area contributed by atoms with Crippen LogP contribution in [0, 0.1) is 12.7 Å². The van der Waals surface area contributed by atoms with Gasteiger partial charge in [0.05, 0.1) is 0 Å². The summed E-state index contributed by atoms with van der Waals surface area (Å²) >= 11 is 0. The van der Waals surface area contributed by atoms with Crippen LogP contribution in [0.4, 0.5) is 4.39 Å². The molecule has 6 nitrogen and oxygen atoms in total. The number of hydrogen-bond acceptors (Lipinski definition) is 4. The van der Waals surface area contributed by atoms with E-state index in [0.717, 1.165) is 4.57 Å². The van der Waals surface area contributed by atoms with E-state index in [-0.39, 0.29) is 0 Å². The zero-order valence-electron chi connectivity index (χ0n) is 15.0. The van der Waals surface area contributed by atoms with E-state index in [1.807, 2.05) is 0 Å². The van der Waals surface area contributed by atoms with Gasteiger partial charge in [0.25, 0.3) is 5.56 Å². The quantitative estimate of drug-likeness (QED) is 0.846. The molecule has 0 unspecified atom stereocenters. The van der Waals surface area contributed by atoms with E-state index >= 15 is 0 Å². The molecule has 1 N–H and O–H groups in total. The molecule has 0 aliphatic carbocycles. The Kier molecular flexibility index (Phi) is 5.30. The zero-order chi connectivity index (χ0) is 19.6. The molecule has 0 spiro atoms. The minimum atomic E-state index is -1.43. The van der Waals surface area contributed by atoms with Gasteiger partial charge in [-0.2, -0.15) is 0 Å². The van der Waals surface area contributed by atoms with Gasteiger partial charge in [0, 0.05) is 6.20 Å². The van der Waals surface area contributed by atoms with Crippen molar-refractivity contribution in [3.05, 3.63) is 57.8 Å². The van der Waals surface area contributed by atoms with Gasteiger partial charge >= 0.3 is 11.9 Å². The van der Waals surface area contributed by atoms with Crippen molar-refractivity contribution in [1.29, 1.82) is 0 Å². The van der Waals surface area contributed by atoms with Crippen molar-refractivity contribution in [1.82, 2.24) is 4.57 Å². The maximum Gasteiger partial charge on any atom is 0.341 e. The summed E-state index contributed by atoms with van der Waals surface area (Å²) in [4.78, 5) is 35.8. The number of aromatic nitrogens is 1. The van der Waals surface area contributed by atoms with Crippen molar-refractivity contribution in [2.45, 2.75) is 39.8 Å². The Morgan fingerprint density at radius 2 is 1.88 bits per heavy atom. The minimum absolute atomic E-state index is 0.322. The molecule has 7 heteroatoms. The minimum Gasteiger partial charge on any atom is -0.477 e. The molecule has 1 aromatic heterocycles. The Labute approximate surface area is 149 Å². The largest absolute Gasteiger partial charge is 0.477 e. The first-order valence-electron chi connectivity index (χ1n) is 7.94. The van der Waals surface area contributed by atoms with E-state index in [9.17, 15) is 23.9 Å². The number of benzene rings is 1. The van der Waals surface area contributed by atoms with Crippen LogP contribution in [0.15, 0.2) is 35.3 Å². The number of halogens is 1. The molecule has 1 aromatic carbocycles. The first-order chi connectivity index (χ1) is 12.0. The number of esters is 1. The van der Waals surface area contributed by atoms with E-state index in [1.54, 1.807) is 33.8 Å².